The molecule has 1 aromatic heterocycles. The Morgan fingerprint density at radius 3 is 2.55 bits per heavy atom. The monoisotopic (exact) mass is 410 g/mol. The molecular weight excluding hydrogens is 392 g/mol. The summed E-state index contributed by atoms with van der Waals surface area (Å²) in [4.78, 5) is 25.0. The number of hydrogen-bond acceptors (Lipinski definition) is 4. The summed E-state index contributed by atoms with van der Waals surface area (Å²) in [5.41, 5.74) is 3.13. The second kappa shape index (κ2) is 7.60. The number of ether oxygens (including phenoxy) is 1. The molecule has 2 amide bonds. The molecule has 29 heavy (non-hydrogen) atoms. The Labute approximate surface area is 172 Å². The van der Waals surface area contributed by atoms with E-state index in [1.807, 2.05) is 19.1 Å². The standard InChI is InChI=1S/C21H19ClN4O3/c1-12-19(13-3-5-14(22)6-4-13)20-24-21(28)17(26(20)25-12)11-18(27)23-15-7-9-16(29-2)10-8-15/h3-10,17H,11H2,1-2H3,(H,23,27)(H,24,28). The number of hydrogen-bond donors (Lipinski definition) is 2. The van der Waals surface area contributed by atoms with Gasteiger partial charge in [0.1, 0.15) is 17.6 Å². The number of aryl methyl sites for hydroxylation is 1. The van der Waals surface area contributed by atoms with Gasteiger partial charge in [0.15, 0.2) is 0 Å². The summed E-state index contributed by atoms with van der Waals surface area (Å²) >= 11 is 5.98. The van der Waals surface area contributed by atoms with E-state index in [0.29, 0.717) is 22.3 Å². The van der Waals surface area contributed by atoms with E-state index in [9.17, 15) is 9.59 Å². The third-order valence-corrected chi connectivity index (χ3v) is 5.06. The number of fused-ring (bicyclic) bond motifs is 1. The van der Waals surface area contributed by atoms with Crippen molar-refractivity contribution in [3.8, 4) is 16.9 Å². The van der Waals surface area contributed by atoms with Crippen molar-refractivity contribution >= 4 is 34.9 Å². The highest BCUT2D eigenvalue weighted by Gasteiger charge is 2.36. The number of rotatable bonds is 5. The molecule has 148 valence electrons. The molecule has 0 saturated carbocycles. The number of nitrogens with one attached hydrogen (secondary N) is 2. The van der Waals surface area contributed by atoms with E-state index in [0.717, 1.165) is 16.8 Å². The molecule has 1 aliphatic heterocycles. The number of anilines is 2. The lowest BCUT2D eigenvalue weighted by molar-refractivity contribution is -0.123. The molecule has 0 radical (unpaired) electrons. The van der Waals surface area contributed by atoms with Crippen molar-refractivity contribution in [2.75, 3.05) is 17.7 Å². The maximum absolute atomic E-state index is 12.5. The summed E-state index contributed by atoms with van der Waals surface area (Å²) in [6.07, 6.45) is -0.0218. The van der Waals surface area contributed by atoms with Crippen LogP contribution in [0.3, 0.4) is 0 Å². The summed E-state index contributed by atoms with van der Waals surface area (Å²) in [5.74, 6) is 0.763. The van der Waals surface area contributed by atoms with Crippen molar-refractivity contribution in [1.82, 2.24) is 9.78 Å². The van der Waals surface area contributed by atoms with Gasteiger partial charge in [-0.3, -0.25) is 9.59 Å². The van der Waals surface area contributed by atoms with Crippen LogP contribution in [-0.2, 0) is 9.59 Å². The Hall–Kier alpha value is -3.32. The van der Waals surface area contributed by atoms with Gasteiger partial charge in [-0.1, -0.05) is 23.7 Å². The molecule has 0 spiro atoms. The average molecular weight is 411 g/mol. The molecule has 0 bridgehead atoms. The molecule has 3 aromatic rings. The molecule has 1 unspecified atom stereocenters. The van der Waals surface area contributed by atoms with Crippen LogP contribution < -0.4 is 15.4 Å². The zero-order chi connectivity index (χ0) is 20.5. The highest BCUT2D eigenvalue weighted by Crippen LogP contribution is 2.38. The predicted octanol–water partition coefficient (Wildman–Crippen LogP) is 4.04. The Morgan fingerprint density at radius 1 is 1.21 bits per heavy atom. The molecule has 1 aliphatic rings. The normalized spacial score (nSPS) is 15.0. The number of aromatic nitrogens is 2. The molecule has 1 atom stereocenters. The van der Waals surface area contributed by atoms with E-state index in [1.165, 1.54) is 0 Å². The summed E-state index contributed by atoms with van der Waals surface area (Å²) in [5, 5.41) is 10.8. The average Bonchev–Trinajstić information content (AvgIpc) is 3.17. The second-order valence-corrected chi connectivity index (χ2v) is 7.18. The lowest BCUT2D eigenvalue weighted by Crippen LogP contribution is -2.23. The van der Waals surface area contributed by atoms with Crippen LogP contribution >= 0.6 is 11.6 Å². The van der Waals surface area contributed by atoms with Crippen LogP contribution in [0.4, 0.5) is 11.5 Å². The van der Waals surface area contributed by atoms with Gasteiger partial charge in [0.2, 0.25) is 5.91 Å². The lowest BCUT2D eigenvalue weighted by Gasteiger charge is -2.10. The van der Waals surface area contributed by atoms with E-state index < -0.39 is 6.04 Å². The van der Waals surface area contributed by atoms with Gasteiger partial charge in [-0.05, 0) is 48.9 Å². The summed E-state index contributed by atoms with van der Waals surface area (Å²) in [7, 11) is 1.58. The first kappa shape index (κ1) is 19.0. The first-order valence-corrected chi connectivity index (χ1v) is 9.44. The largest absolute Gasteiger partial charge is 0.497 e. The van der Waals surface area contributed by atoms with E-state index in [2.05, 4.69) is 15.7 Å². The van der Waals surface area contributed by atoms with E-state index in [-0.39, 0.29) is 18.2 Å². The van der Waals surface area contributed by atoms with Crippen LogP contribution in [0.2, 0.25) is 5.02 Å². The van der Waals surface area contributed by atoms with Crippen molar-refractivity contribution in [2.24, 2.45) is 0 Å². The van der Waals surface area contributed by atoms with Crippen LogP contribution in [-0.4, -0.2) is 28.7 Å². The highest BCUT2D eigenvalue weighted by molar-refractivity contribution is 6.30. The number of amides is 2. The molecule has 2 heterocycles. The fraction of sp³-hybridized carbons (Fsp3) is 0.190. The van der Waals surface area contributed by atoms with Crippen molar-refractivity contribution < 1.29 is 14.3 Å². The molecule has 2 N–H and O–H groups in total. The molecule has 4 rings (SSSR count). The number of halogens is 1. The first-order valence-electron chi connectivity index (χ1n) is 9.06. The van der Waals surface area contributed by atoms with Gasteiger partial charge in [0.25, 0.3) is 5.91 Å². The minimum atomic E-state index is -0.706. The van der Waals surface area contributed by atoms with Gasteiger partial charge in [0, 0.05) is 16.3 Å². The van der Waals surface area contributed by atoms with Gasteiger partial charge in [-0.25, -0.2) is 4.68 Å². The Bertz CT molecular complexity index is 1070. The molecule has 7 nitrogen and oxygen atoms in total. The van der Waals surface area contributed by atoms with Crippen molar-refractivity contribution in [3.63, 3.8) is 0 Å². The minimum Gasteiger partial charge on any atom is -0.497 e. The van der Waals surface area contributed by atoms with Crippen molar-refractivity contribution in [3.05, 3.63) is 59.2 Å². The van der Waals surface area contributed by atoms with Gasteiger partial charge in [0.05, 0.1) is 19.2 Å². The third-order valence-electron chi connectivity index (χ3n) is 4.81. The predicted molar refractivity (Wildman–Crippen MR) is 111 cm³/mol. The fourth-order valence-electron chi connectivity index (χ4n) is 3.41. The van der Waals surface area contributed by atoms with Crippen LogP contribution in [0.1, 0.15) is 18.2 Å². The molecule has 2 aromatic carbocycles. The maximum atomic E-state index is 12.5. The van der Waals surface area contributed by atoms with Gasteiger partial charge in [-0.15, -0.1) is 0 Å². The number of nitrogens with zero attached hydrogens (tertiary/aromatic N) is 2. The molecular formula is C21H19ClN4O3. The molecule has 0 fully saturated rings. The van der Waals surface area contributed by atoms with Crippen LogP contribution in [0.5, 0.6) is 5.75 Å². The number of benzene rings is 2. The fourth-order valence-corrected chi connectivity index (χ4v) is 3.53. The molecule has 8 heteroatoms. The van der Waals surface area contributed by atoms with E-state index >= 15 is 0 Å². The van der Waals surface area contributed by atoms with Gasteiger partial charge in [-0.2, -0.15) is 5.10 Å². The molecule has 0 saturated heterocycles. The number of carbonyl (C=O) groups excluding carboxylic acids is 2. The van der Waals surface area contributed by atoms with Crippen LogP contribution in [0.15, 0.2) is 48.5 Å². The quantitative estimate of drug-likeness (QED) is 0.664. The van der Waals surface area contributed by atoms with E-state index in [1.54, 1.807) is 48.2 Å². The minimum absolute atomic E-state index is 0.0218. The maximum Gasteiger partial charge on any atom is 0.251 e. The van der Waals surface area contributed by atoms with Crippen molar-refractivity contribution in [1.29, 1.82) is 0 Å². The van der Waals surface area contributed by atoms with Crippen LogP contribution in [0.25, 0.3) is 11.1 Å². The van der Waals surface area contributed by atoms with Crippen LogP contribution in [0, 0.1) is 6.92 Å². The highest BCUT2D eigenvalue weighted by atomic mass is 35.5. The zero-order valence-corrected chi connectivity index (χ0v) is 16.7. The number of carbonyl (C=O) groups is 2. The Balaban J connectivity index is 1.54. The zero-order valence-electron chi connectivity index (χ0n) is 15.9. The Morgan fingerprint density at radius 2 is 1.90 bits per heavy atom. The smallest absolute Gasteiger partial charge is 0.251 e. The summed E-state index contributed by atoms with van der Waals surface area (Å²) < 4.78 is 6.70. The van der Waals surface area contributed by atoms with Crippen molar-refractivity contribution in [2.45, 2.75) is 19.4 Å². The second-order valence-electron chi connectivity index (χ2n) is 6.75. The third kappa shape index (κ3) is 3.69. The topological polar surface area (TPSA) is 85.2 Å². The summed E-state index contributed by atoms with van der Waals surface area (Å²) in [6, 6.07) is 13.6. The first-order chi connectivity index (χ1) is 14.0. The SMILES string of the molecule is COc1ccc(NC(=O)CC2C(=O)Nc3c(-c4ccc(Cl)cc4)c(C)nn32)cc1. The number of methoxy groups -OCH3 is 1. The summed E-state index contributed by atoms with van der Waals surface area (Å²) in [6.45, 7) is 1.87. The molecule has 0 aliphatic carbocycles. The van der Waals surface area contributed by atoms with E-state index in [4.69, 9.17) is 16.3 Å². The van der Waals surface area contributed by atoms with Gasteiger partial charge < -0.3 is 15.4 Å². The van der Waals surface area contributed by atoms with Gasteiger partial charge >= 0.3 is 0 Å². The lowest BCUT2D eigenvalue weighted by atomic mass is 10.1. The Kier molecular flexibility index (Phi) is 4.98.